The van der Waals surface area contributed by atoms with Crippen LogP contribution in [0.4, 0.5) is 0 Å². The molecule has 0 bridgehead atoms. The Morgan fingerprint density at radius 2 is 1.89 bits per heavy atom. The van der Waals surface area contributed by atoms with Crippen molar-refractivity contribution in [2.45, 2.75) is 0 Å². The van der Waals surface area contributed by atoms with E-state index in [4.69, 9.17) is 5.73 Å². The van der Waals surface area contributed by atoms with E-state index < -0.39 is 0 Å². The summed E-state index contributed by atoms with van der Waals surface area (Å²) in [7, 11) is 0. The van der Waals surface area contributed by atoms with E-state index in [1.165, 1.54) is 0 Å². The van der Waals surface area contributed by atoms with E-state index in [2.05, 4.69) is 23.5 Å². The minimum absolute atomic E-state index is 0.151. The number of Topliss-reactive ketones (excluding diaryl/α,β-unsaturated/α-hetero) is 1. The fourth-order valence-electron chi connectivity index (χ4n) is 2.63. The molecule has 2 aromatic carbocycles. The summed E-state index contributed by atoms with van der Waals surface area (Å²) in [4.78, 5) is 12.5. The van der Waals surface area contributed by atoms with E-state index in [0.29, 0.717) is 13.1 Å². The fraction of sp³-hybridized carbons (Fsp3) is 0.188. The van der Waals surface area contributed by atoms with Gasteiger partial charge in [-0.25, -0.2) is 0 Å². The van der Waals surface area contributed by atoms with Crippen LogP contribution in [0.2, 0.25) is 0 Å². The van der Waals surface area contributed by atoms with Crippen LogP contribution >= 0.6 is 0 Å². The Hall–Kier alpha value is -1.97. The summed E-state index contributed by atoms with van der Waals surface area (Å²) in [6, 6.07) is 12.1. The van der Waals surface area contributed by atoms with Crippen LogP contribution in [0, 0.1) is 0 Å². The third-order valence-corrected chi connectivity index (χ3v) is 3.54. The molecule has 0 aromatic heterocycles. The van der Waals surface area contributed by atoms with Crippen molar-refractivity contribution in [3.8, 4) is 0 Å². The molecule has 0 radical (unpaired) electrons. The molecule has 0 fully saturated rings. The molecule has 19 heavy (non-hydrogen) atoms. The Balaban J connectivity index is 2.06. The highest BCUT2D eigenvalue weighted by molar-refractivity contribution is 6.22. The van der Waals surface area contributed by atoms with Gasteiger partial charge in [-0.15, -0.1) is 0 Å². The summed E-state index contributed by atoms with van der Waals surface area (Å²) in [5, 5.41) is 4.29. The number of ketones is 1. The molecule has 3 rings (SSSR count). The fourth-order valence-corrected chi connectivity index (χ4v) is 2.63. The van der Waals surface area contributed by atoms with Crippen molar-refractivity contribution in [2.75, 3.05) is 19.6 Å². The topological polar surface area (TPSA) is 59.7 Å². The molecule has 0 aliphatic heterocycles. The van der Waals surface area contributed by atoms with Crippen LogP contribution in [0.15, 0.2) is 42.0 Å². The molecule has 1 aliphatic rings. The van der Waals surface area contributed by atoms with Crippen LogP contribution in [0.5, 0.6) is 0 Å². The zero-order valence-electron chi connectivity index (χ0n) is 10.7. The standard InChI is InChI=1S/C16H16N2O/c17-7-8-18-10-13-9-12-5-1-3-11-4-2-6-14(15(11)12)16(13)19/h1-6,9,18H,7-8,10,17H2/p+1. The second kappa shape index (κ2) is 4.96. The number of benzene rings is 2. The van der Waals surface area contributed by atoms with Gasteiger partial charge >= 0.3 is 0 Å². The van der Waals surface area contributed by atoms with Crippen molar-refractivity contribution in [3.63, 3.8) is 0 Å². The Morgan fingerprint density at radius 3 is 2.68 bits per heavy atom. The van der Waals surface area contributed by atoms with E-state index in [1.807, 2.05) is 24.3 Å². The van der Waals surface area contributed by atoms with Crippen molar-refractivity contribution in [2.24, 2.45) is 5.73 Å². The highest BCUT2D eigenvalue weighted by Crippen LogP contribution is 2.30. The largest absolute Gasteiger partial charge is 0.341 e. The zero-order chi connectivity index (χ0) is 13.2. The van der Waals surface area contributed by atoms with E-state index in [0.717, 1.165) is 34.0 Å². The van der Waals surface area contributed by atoms with Gasteiger partial charge in [0.2, 0.25) is 0 Å². The molecular weight excluding hydrogens is 236 g/mol. The quantitative estimate of drug-likeness (QED) is 0.797. The van der Waals surface area contributed by atoms with Gasteiger partial charge in [0.1, 0.15) is 6.54 Å². The SMILES string of the molecule is NCC[NH2+]CC1=Cc2cccc3cccc(c23)C1=O. The van der Waals surface area contributed by atoms with Crippen LogP contribution in [-0.2, 0) is 0 Å². The lowest BCUT2D eigenvalue weighted by molar-refractivity contribution is -0.644. The molecule has 1 aliphatic carbocycles. The Morgan fingerprint density at radius 1 is 1.11 bits per heavy atom. The van der Waals surface area contributed by atoms with Gasteiger partial charge in [-0.05, 0) is 17.0 Å². The summed E-state index contributed by atoms with van der Waals surface area (Å²) in [6.07, 6.45) is 2.02. The molecule has 3 nitrogen and oxygen atoms in total. The Labute approximate surface area is 112 Å². The second-order valence-electron chi connectivity index (χ2n) is 4.82. The number of carbonyl (C=O) groups excluding carboxylic acids is 1. The Bertz CT molecular complexity index is 668. The van der Waals surface area contributed by atoms with Gasteiger partial charge in [-0.2, -0.15) is 0 Å². The van der Waals surface area contributed by atoms with Crippen molar-refractivity contribution < 1.29 is 10.1 Å². The zero-order valence-corrected chi connectivity index (χ0v) is 10.7. The van der Waals surface area contributed by atoms with Crippen LogP contribution in [0.1, 0.15) is 15.9 Å². The van der Waals surface area contributed by atoms with Gasteiger partial charge in [0.05, 0.1) is 12.1 Å². The summed E-state index contributed by atoms with van der Waals surface area (Å²) >= 11 is 0. The maximum Gasteiger partial charge on any atom is 0.195 e. The molecule has 0 atom stereocenters. The molecule has 0 amide bonds. The van der Waals surface area contributed by atoms with Gasteiger partial charge < -0.3 is 11.1 Å². The first-order valence-electron chi connectivity index (χ1n) is 6.60. The van der Waals surface area contributed by atoms with E-state index >= 15 is 0 Å². The summed E-state index contributed by atoms with van der Waals surface area (Å²) < 4.78 is 0. The first kappa shape index (κ1) is 12.1. The normalized spacial score (nSPS) is 13.7. The average molecular weight is 253 g/mol. The molecule has 0 saturated heterocycles. The first-order valence-corrected chi connectivity index (χ1v) is 6.60. The molecule has 0 unspecified atom stereocenters. The summed E-state index contributed by atoms with van der Waals surface area (Å²) in [6.45, 7) is 2.17. The number of quaternary nitrogens is 1. The predicted octanol–water partition coefficient (Wildman–Crippen LogP) is 0.942. The minimum Gasteiger partial charge on any atom is -0.341 e. The highest BCUT2D eigenvalue weighted by Gasteiger charge is 2.22. The van der Waals surface area contributed by atoms with Crippen LogP contribution < -0.4 is 11.1 Å². The highest BCUT2D eigenvalue weighted by atomic mass is 16.1. The second-order valence-corrected chi connectivity index (χ2v) is 4.82. The smallest absolute Gasteiger partial charge is 0.195 e. The van der Waals surface area contributed by atoms with E-state index in [-0.39, 0.29) is 5.78 Å². The van der Waals surface area contributed by atoms with Gasteiger partial charge in [-0.1, -0.05) is 36.4 Å². The van der Waals surface area contributed by atoms with Crippen LogP contribution in [0.25, 0.3) is 16.8 Å². The summed E-state index contributed by atoms with van der Waals surface area (Å²) in [5.74, 6) is 0.151. The van der Waals surface area contributed by atoms with Crippen LogP contribution in [0.3, 0.4) is 0 Å². The van der Waals surface area contributed by atoms with Crippen LogP contribution in [-0.4, -0.2) is 25.4 Å². The maximum atomic E-state index is 12.5. The third kappa shape index (κ3) is 2.07. The maximum absolute atomic E-state index is 12.5. The lowest BCUT2D eigenvalue weighted by Gasteiger charge is -2.16. The van der Waals surface area contributed by atoms with Gasteiger partial charge in [0.15, 0.2) is 5.78 Å². The van der Waals surface area contributed by atoms with Crippen molar-refractivity contribution >= 4 is 22.6 Å². The summed E-state index contributed by atoms with van der Waals surface area (Å²) in [5.41, 5.74) is 8.31. The van der Waals surface area contributed by atoms with Gasteiger partial charge in [0.25, 0.3) is 0 Å². The number of carbonyl (C=O) groups is 1. The monoisotopic (exact) mass is 253 g/mol. The van der Waals surface area contributed by atoms with Crippen molar-refractivity contribution in [1.29, 1.82) is 0 Å². The molecule has 2 aromatic rings. The van der Waals surface area contributed by atoms with Crippen molar-refractivity contribution in [3.05, 3.63) is 53.1 Å². The molecule has 3 heteroatoms. The average Bonchev–Trinajstić information content (AvgIpc) is 2.44. The number of hydrogen-bond donors (Lipinski definition) is 2. The van der Waals surface area contributed by atoms with E-state index in [1.54, 1.807) is 0 Å². The van der Waals surface area contributed by atoms with Crippen molar-refractivity contribution in [1.82, 2.24) is 0 Å². The molecule has 0 saturated carbocycles. The number of rotatable bonds is 4. The molecule has 0 spiro atoms. The molecule has 4 N–H and O–H groups in total. The molecular formula is C16H17N2O+. The Kier molecular flexibility index (Phi) is 3.15. The minimum atomic E-state index is 0.151. The molecule has 96 valence electrons. The lowest BCUT2D eigenvalue weighted by atomic mass is 9.88. The predicted molar refractivity (Wildman–Crippen MR) is 77.0 cm³/mol. The first-order chi connectivity index (χ1) is 9.31. The number of hydrogen-bond acceptors (Lipinski definition) is 2. The lowest BCUT2D eigenvalue weighted by Crippen LogP contribution is -2.86. The molecule has 0 heterocycles. The van der Waals surface area contributed by atoms with Gasteiger partial charge in [0, 0.05) is 17.5 Å². The third-order valence-electron chi connectivity index (χ3n) is 3.54. The number of nitrogens with two attached hydrogens (primary N) is 2. The van der Waals surface area contributed by atoms with Gasteiger partial charge in [-0.3, -0.25) is 4.79 Å². The van der Waals surface area contributed by atoms with E-state index in [9.17, 15) is 4.79 Å².